The molecule has 1 atom stereocenters. The number of cyclic esters (lactones) is 1. The normalized spacial score (nSPS) is 19.4. The molecule has 0 saturated carbocycles. The molecule has 3 aromatic rings. The van der Waals surface area contributed by atoms with Gasteiger partial charge in [0.05, 0.1) is 18.6 Å². The third-order valence-electron chi connectivity index (χ3n) is 6.33. The highest BCUT2D eigenvalue weighted by Gasteiger charge is 2.35. The van der Waals surface area contributed by atoms with Gasteiger partial charge in [-0.2, -0.15) is 9.29 Å². The molecular formula is C24H27N5O6S. The fourth-order valence-electron chi connectivity index (χ4n) is 4.37. The summed E-state index contributed by atoms with van der Waals surface area (Å²) in [6, 6.07) is 13.7. The Morgan fingerprint density at radius 3 is 2.33 bits per heavy atom. The van der Waals surface area contributed by atoms with Gasteiger partial charge >= 0.3 is 6.09 Å². The van der Waals surface area contributed by atoms with Crippen LogP contribution in [0.3, 0.4) is 0 Å². The van der Waals surface area contributed by atoms with Crippen molar-refractivity contribution in [1.82, 2.24) is 19.3 Å². The average molecular weight is 514 g/mol. The van der Waals surface area contributed by atoms with Gasteiger partial charge in [0.25, 0.3) is 0 Å². The van der Waals surface area contributed by atoms with Gasteiger partial charge in [0, 0.05) is 50.9 Å². The first kappa shape index (κ1) is 24.2. The molecule has 0 spiro atoms. The second kappa shape index (κ2) is 9.88. The predicted octanol–water partition coefficient (Wildman–Crippen LogP) is 2.39. The van der Waals surface area contributed by atoms with Crippen LogP contribution in [0, 0.1) is 6.92 Å². The second-order valence-electron chi connectivity index (χ2n) is 8.68. The lowest BCUT2D eigenvalue weighted by molar-refractivity contribution is 0.0937. The van der Waals surface area contributed by atoms with Crippen LogP contribution < -0.4 is 9.64 Å². The largest absolute Gasteiger partial charge is 0.497 e. The van der Waals surface area contributed by atoms with Gasteiger partial charge in [-0.05, 0) is 48.5 Å². The maximum absolute atomic E-state index is 13.0. The molecule has 11 nitrogen and oxygen atoms in total. The Balaban J connectivity index is 1.15. The SMILES string of the molecule is COc1ccc(S(=O)(=O)N2CCN(CC3CN(c4ccc(-c5noc(C)n5)cc4)C(=O)O3)CC2)cc1. The molecule has 0 radical (unpaired) electrons. The number of benzene rings is 2. The summed E-state index contributed by atoms with van der Waals surface area (Å²) in [6.07, 6.45) is -0.703. The minimum Gasteiger partial charge on any atom is -0.497 e. The molecule has 5 rings (SSSR count). The molecule has 1 unspecified atom stereocenters. The Morgan fingerprint density at radius 1 is 1.03 bits per heavy atom. The van der Waals surface area contributed by atoms with E-state index in [0.29, 0.717) is 56.7 Å². The molecule has 190 valence electrons. The van der Waals surface area contributed by atoms with E-state index in [1.165, 1.54) is 11.4 Å². The zero-order chi connectivity index (χ0) is 25.3. The Labute approximate surface area is 209 Å². The number of methoxy groups -OCH3 is 1. The standard InChI is InChI=1S/C24H27N5O6S/c1-17-25-23(26-35-17)18-3-5-19(6-4-18)29-16-21(34-24(29)30)15-27-11-13-28(14-12-27)36(31,32)22-9-7-20(33-2)8-10-22/h3-10,21H,11-16H2,1-2H3. The summed E-state index contributed by atoms with van der Waals surface area (Å²) >= 11 is 0. The number of aromatic nitrogens is 2. The van der Waals surface area contributed by atoms with Crippen molar-refractivity contribution in [3.05, 3.63) is 54.4 Å². The van der Waals surface area contributed by atoms with Gasteiger partial charge in [0.2, 0.25) is 21.7 Å². The second-order valence-corrected chi connectivity index (χ2v) is 10.6. The van der Waals surface area contributed by atoms with E-state index in [4.69, 9.17) is 14.0 Å². The zero-order valence-corrected chi connectivity index (χ0v) is 20.8. The summed E-state index contributed by atoms with van der Waals surface area (Å²) in [5.41, 5.74) is 1.52. The quantitative estimate of drug-likeness (QED) is 0.469. The molecule has 12 heteroatoms. The minimum atomic E-state index is -3.57. The number of sulfonamides is 1. The van der Waals surface area contributed by atoms with Crippen LogP contribution in [0.2, 0.25) is 0 Å². The van der Waals surface area contributed by atoms with Crippen LogP contribution in [-0.2, 0) is 14.8 Å². The van der Waals surface area contributed by atoms with E-state index >= 15 is 0 Å². The van der Waals surface area contributed by atoms with Crippen LogP contribution >= 0.6 is 0 Å². The van der Waals surface area contributed by atoms with E-state index in [1.807, 2.05) is 24.3 Å². The first-order valence-corrected chi connectivity index (χ1v) is 13.0. The minimum absolute atomic E-state index is 0.248. The summed E-state index contributed by atoms with van der Waals surface area (Å²) in [4.78, 5) is 20.7. The number of piperazine rings is 1. The summed E-state index contributed by atoms with van der Waals surface area (Å²) in [5.74, 6) is 1.59. The van der Waals surface area contributed by atoms with Gasteiger partial charge in [-0.25, -0.2) is 13.2 Å². The van der Waals surface area contributed by atoms with Crippen molar-refractivity contribution in [2.24, 2.45) is 0 Å². The Hall–Kier alpha value is -3.48. The first-order chi connectivity index (χ1) is 17.3. The number of nitrogens with zero attached hydrogens (tertiary/aromatic N) is 5. The molecule has 2 aromatic carbocycles. The molecular weight excluding hydrogens is 486 g/mol. The molecule has 2 saturated heterocycles. The van der Waals surface area contributed by atoms with Crippen molar-refractivity contribution in [3.63, 3.8) is 0 Å². The predicted molar refractivity (Wildman–Crippen MR) is 130 cm³/mol. The fraction of sp³-hybridized carbons (Fsp3) is 0.375. The number of aryl methyl sites for hydroxylation is 1. The van der Waals surface area contributed by atoms with Crippen LogP contribution in [0.1, 0.15) is 5.89 Å². The molecule has 2 aliphatic rings. The fourth-order valence-corrected chi connectivity index (χ4v) is 5.79. The maximum atomic E-state index is 13.0. The Kier molecular flexibility index (Phi) is 6.65. The van der Waals surface area contributed by atoms with E-state index in [0.717, 1.165) is 11.3 Å². The van der Waals surface area contributed by atoms with E-state index in [-0.39, 0.29) is 11.0 Å². The number of ether oxygens (including phenoxy) is 2. The summed E-state index contributed by atoms with van der Waals surface area (Å²) < 4.78 is 43.2. The molecule has 36 heavy (non-hydrogen) atoms. The Morgan fingerprint density at radius 2 is 1.72 bits per heavy atom. The number of amides is 1. The van der Waals surface area contributed by atoms with Crippen molar-refractivity contribution in [2.45, 2.75) is 17.9 Å². The summed E-state index contributed by atoms with van der Waals surface area (Å²) in [5, 5.41) is 3.91. The van der Waals surface area contributed by atoms with Gasteiger partial charge < -0.3 is 14.0 Å². The lowest BCUT2D eigenvalue weighted by atomic mass is 10.2. The van der Waals surface area contributed by atoms with Crippen LogP contribution in [0.15, 0.2) is 57.9 Å². The van der Waals surface area contributed by atoms with Crippen molar-refractivity contribution in [1.29, 1.82) is 0 Å². The molecule has 1 aromatic heterocycles. The number of hydrogen-bond donors (Lipinski definition) is 0. The highest BCUT2D eigenvalue weighted by molar-refractivity contribution is 7.89. The van der Waals surface area contributed by atoms with Crippen molar-refractivity contribution < 1.29 is 27.2 Å². The smallest absolute Gasteiger partial charge is 0.414 e. The van der Waals surface area contributed by atoms with Gasteiger partial charge in [-0.1, -0.05) is 5.16 Å². The van der Waals surface area contributed by atoms with Crippen molar-refractivity contribution >= 4 is 21.8 Å². The van der Waals surface area contributed by atoms with Crippen LogP contribution in [-0.4, -0.2) is 86.3 Å². The number of carbonyl (C=O) groups is 1. The van der Waals surface area contributed by atoms with Crippen molar-refractivity contribution in [3.8, 4) is 17.1 Å². The zero-order valence-electron chi connectivity index (χ0n) is 20.0. The third kappa shape index (κ3) is 4.92. The highest BCUT2D eigenvalue weighted by atomic mass is 32.2. The van der Waals surface area contributed by atoms with Crippen LogP contribution in [0.25, 0.3) is 11.4 Å². The van der Waals surface area contributed by atoms with E-state index in [9.17, 15) is 13.2 Å². The molecule has 0 bridgehead atoms. The van der Waals surface area contributed by atoms with Crippen LogP contribution in [0.4, 0.5) is 10.5 Å². The van der Waals surface area contributed by atoms with E-state index in [1.54, 1.807) is 36.1 Å². The number of hydrogen-bond acceptors (Lipinski definition) is 9. The van der Waals surface area contributed by atoms with Gasteiger partial charge in [0.1, 0.15) is 11.9 Å². The first-order valence-electron chi connectivity index (χ1n) is 11.6. The topological polar surface area (TPSA) is 118 Å². The molecule has 0 aliphatic carbocycles. The number of anilines is 1. The van der Waals surface area contributed by atoms with Gasteiger partial charge in [0.15, 0.2) is 0 Å². The van der Waals surface area contributed by atoms with Gasteiger partial charge in [-0.15, -0.1) is 0 Å². The maximum Gasteiger partial charge on any atom is 0.414 e. The monoisotopic (exact) mass is 513 g/mol. The Bertz CT molecular complexity index is 1320. The molecule has 2 fully saturated rings. The van der Waals surface area contributed by atoms with E-state index in [2.05, 4.69) is 15.0 Å². The van der Waals surface area contributed by atoms with E-state index < -0.39 is 16.1 Å². The van der Waals surface area contributed by atoms with Gasteiger partial charge in [-0.3, -0.25) is 9.80 Å². The van der Waals surface area contributed by atoms with Crippen LogP contribution in [0.5, 0.6) is 5.75 Å². The number of rotatable bonds is 7. The molecule has 0 N–H and O–H groups in total. The summed E-state index contributed by atoms with van der Waals surface area (Å²) in [7, 11) is -2.03. The third-order valence-corrected chi connectivity index (χ3v) is 8.24. The number of carbonyl (C=O) groups excluding carboxylic acids is 1. The summed E-state index contributed by atoms with van der Waals surface area (Å²) in [6.45, 7) is 4.55. The highest BCUT2D eigenvalue weighted by Crippen LogP contribution is 2.26. The lowest BCUT2D eigenvalue weighted by Crippen LogP contribution is -2.50. The lowest BCUT2D eigenvalue weighted by Gasteiger charge is -2.34. The van der Waals surface area contributed by atoms with Crippen molar-refractivity contribution in [2.75, 3.05) is 51.3 Å². The average Bonchev–Trinajstić information content (AvgIpc) is 3.49. The molecule has 2 aliphatic heterocycles. The molecule has 1 amide bonds. The molecule has 3 heterocycles.